The Morgan fingerprint density at radius 1 is 0.971 bits per heavy atom. The van der Waals surface area contributed by atoms with Gasteiger partial charge in [0, 0.05) is 5.02 Å². The largest absolute Gasteiger partial charge is 0.488 e. The molecule has 8 heteroatoms. The van der Waals surface area contributed by atoms with Gasteiger partial charge in [0.2, 0.25) is 0 Å². The van der Waals surface area contributed by atoms with Crippen molar-refractivity contribution in [2.24, 2.45) is 0 Å². The van der Waals surface area contributed by atoms with E-state index >= 15 is 0 Å². The third-order valence-corrected chi connectivity index (χ3v) is 6.52. The highest BCUT2D eigenvalue weighted by Gasteiger charge is 2.36. The second kappa shape index (κ2) is 9.99. The van der Waals surface area contributed by atoms with Gasteiger partial charge < -0.3 is 4.74 Å². The third kappa shape index (κ3) is 5.15. The zero-order chi connectivity index (χ0) is 24.4. The van der Waals surface area contributed by atoms with Crippen LogP contribution in [0.15, 0.2) is 66.2 Å². The number of benzene rings is 3. The van der Waals surface area contributed by atoms with E-state index in [1.807, 2.05) is 38.1 Å². The summed E-state index contributed by atoms with van der Waals surface area (Å²) in [5.41, 5.74) is 3.87. The molecule has 172 valence electrons. The van der Waals surface area contributed by atoms with Crippen molar-refractivity contribution in [3.63, 3.8) is 0 Å². The molecule has 0 atom stereocenters. The van der Waals surface area contributed by atoms with Gasteiger partial charge in [-0.1, -0.05) is 35.9 Å². The average Bonchev–Trinajstić information content (AvgIpc) is 2.79. The molecule has 1 N–H and O–H groups in total. The highest BCUT2D eigenvalue weighted by Crippen LogP contribution is 2.27. The minimum atomic E-state index is -0.768. The van der Waals surface area contributed by atoms with Gasteiger partial charge >= 0.3 is 6.03 Å². The van der Waals surface area contributed by atoms with Crippen LogP contribution in [0.1, 0.15) is 22.3 Å². The zero-order valence-corrected chi connectivity index (χ0v) is 21.3. The second-order valence-corrected chi connectivity index (χ2v) is 9.43. The molecule has 4 rings (SSSR count). The molecule has 1 saturated heterocycles. The van der Waals surface area contributed by atoms with E-state index in [9.17, 15) is 14.4 Å². The van der Waals surface area contributed by atoms with E-state index in [4.69, 9.17) is 16.3 Å². The summed E-state index contributed by atoms with van der Waals surface area (Å²) in [5, 5.41) is 2.92. The van der Waals surface area contributed by atoms with Gasteiger partial charge in [-0.2, -0.15) is 0 Å². The number of nitrogens with zero attached hydrogens (tertiary/aromatic N) is 1. The minimum Gasteiger partial charge on any atom is -0.488 e. The van der Waals surface area contributed by atoms with E-state index < -0.39 is 17.8 Å². The zero-order valence-electron chi connectivity index (χ0n) is 18.4. The first-order valence-electron chi connectivity index (χ1n) is 10.4. The molecular weight excluding hydrogens is 567 g/mol. The normalized spacial score (nSPS) is 15.0. The van der Waals surface area contributed by atoms with E-state index in [0.29, 0.717) is 28.6 Å². The Balaban J connectivity index is 1.56. The quantitative estimate of drug-likeness (QED) is 0.233. The molecule has 34 heavy (non-hydrogen) atoms. The van der Waals surface area contributed by atoms with Crippen LogP contribution in [0.4, 0.5) is 10.5 Å². The number of halogens is 2. The standard InChI is InChI=1S/C26H20ClIN2O4/c1-15-3-9-20(11-16(15)2)30-25(32)21(24(31)29-26(30)33)12-18-6-10-23(22(28)13-18)34-14-17-4-7-19(27)8-5-17/h3-13H,14H2,1-2H3,(H,29,31,33)/b21-12+. The number of aryl methyl sites for hydroxylation is 2. The number of barbiturate groups is 1. The van der Waals surface area contributed by atoms with Gasteiger partial charge in [-0.25, -0.2) is 9.69 Å². The number of amides is 4. The lowest BCUT2D eigenvalue weighted by molar-refractivity contribution is -0.122. The Labute approximate surface area is 215 Å². The van der Waals surface area contributed by atoms with Crippen LogP contribution in [-0.2, 0) is 16.2 Å². The molecule has 1 heterocycles. The summed E-state index contributed by atoms with van der Waals surface area (Å²) < 4.78 is 6.70. The fraction of sp³-hybridized carbons (Fsp3) is 0.115. The van der Waals surface area contributed by atoms with Crippen molar-refractivity contribution in [1.82, 2.24) is 5.32 Å². The molecule has 1 aliphatic rings. The Bertz CT molecular complexity index is 1340. The molecule has 0 saturated carbocycles. The van der Waals surface area contributed by atoms with Crippen molar-refractivity contribution in [3.8, 4) is 5.75 Å². The smallest absolute Gasteiger partial charge is 0.335 e. The minimum absolute atomic E-state index is 0.122. The molecule has 3 aromatic rings. The molecule has 6 nitrogen and oxygen atoms in total. The highest BCUT2D eigenvalue weighted by molar-refractivity contribution is 14.1. The van der Waals surface area contributed by atoms with Gasteiger partial charge in [-0.3, -0.25) is 14.9 Å². The van der Waals surface area contributed by atoms with Gasteiger partial charge in [-0.05, 0) is 101 Å². The maximum atomic E-state index is 13.1. The molecule has 0 spiro atoms. The van der Waals surface area contributed by atoms with Crippen molar-refractivity contribution in [2.75, 3.05) is 4.90 Å². The number of carbonyl (C=O) groups excluding carboxylic acids is 3. The van der Waals surface area contributed by atoms with Crippen LogP contribution in [-0.4, -0.2) is 17.8 Å². The Kier molecular flexibility index (Phi) is 7.04. The summed E-state index contributed by atoms with van der Waals surface area (Å²) in [6.07, 6.45) is 1.48. The SMILES string of the molecule is Cc1ccc(N2C(=O)NC(=O)/C(=C\c3ccc(OCc4ccc(Cl)cc4)c(I)c3)C2=O)cc1C. The van der Waals surface area contributed by atoms with Crippen molar-refractivity contribution >= 4 is 63.8 Å². The predicted octanol–water partition coefficient (Wildman–Crippen LogP) is 5.81. The lowest BCUT2D eigenvalue weighted by Crippen LogP contribution is -2.54. The Hall–Kier alpha value is -3.17. The highest BCUT2D eigenvalue weighted by atomic mass is 127. The lowest BCUT2D eigenvalue weighted by atomic mass is 10.1. The first-order valence-corrected chi connectivity index (χ1v) is 11.8. The summed E-state index contributed by atoms with van der Waals surface area (Å²) in [6, 6.07) is 17.2. The predicted molar refractivity (Wildman–Crippen MR) is 140 cm³/mol. The first kappa shape index (κ1) is 24.0. The number of hydrogen-bond acceptors (Lipinski definition) is 4. The van der Waals surface area contributed by atoms with Crippen molar-refractivity contribution in [2.45, 2.75) is 20.5 Å². The van der Waals surface area contributed by atoms with E-state index in [0.717, 1.165) is 25.2 Å². The summed E-state index contributed by atoms with van der Waals surface area (Å²) in [6.45, 7) is 4.21. The van der Waals surface area contributed by atoms with E-state index in [-0.39, 0.29) is 5.57 Å². The topological polar surface area (TPSA) is 75.7 Å². The summed E-state index contributed by atoms with van der Waals surface area (Å²) >= 11 is 8.05. The van der Waals surface area contributed by atoms with E-state index in [1.165, 1.54) is 6.08 Å². The molecule has 0 radical (unpaired) electrons. The number of hydrogen-bond donors (Lipinski definition) is 1. The van der Waals surface area contributed by atoms with Gasteiger partial charge in [0.15, 0.2) is 0 Å². The third-order valence-electron chi connectivity index (χ3n) is 5.42. The van der Waals surface area contributed by atoms with Crippen LogP contribution >= 0.6 is 34.2 Å². The summed E-state index contributed by atoms with van der Waals surface area (Å²) in [7, 11) is 0. The van der Waals surface area contributed by atoms with Crippen LogP contribution in [0.5, 0.6) is 5.75 Å². The van der Waals surface area contributed by atoms with E-state index in [2.05, 4.69) is 27.9 Å². The van der Waals surface area contributed by atoms with Gasteiger partial charge in [0.25, 0.3) is 11.8 Å². The number of nitrogens with one attached hydrogen (secondary N) is 1. The number of anilines is 1. The molecule has 1 fully saturated rings. The number of imide groups is 2. The van der Waals surface area contributed by atoms with Gasteiger partial charge in [-0.15, -0.1) is 0 Å². The van der Waals surface area contributed by atoms with Crippen LogP contribution in [0, 0.1) is 17.4 Å². The lowest BCUT2D eigenvalue weighted by Gasteiger charge is -2.26. The molecule has 3 aromatic carbocycles. The first-order chi connectivity index (χ1) is 16.2. The monoisotopic (exact) mass is 586 g/mol. The van der Waals surface area contributed by atoms with Crippen molar-refractivity contribution in [1.29, 1.82) is 0 Å². The molecular formula is C26H20ClIN2O4. The Morgan fingerprint density at radius 3 is 2.38 bits per heavy atom. The molecule has 0 bridgehead atoms. The number of rotatable bonds is 5. The fourth-order valence-electron chi connectivity index (χ4n) is 3.39. The molecule has 0 unspecified atom stereocenters. The van der Waals surface area contributed by atoms with E-state index in [1.54, 1.807) is 36.4 Å². The van der Waals surface area contributed by atoms with Crippen molar-refractivity contribution < 1.29 is 19.1 Å². The molecule has 0 aliphatic carbocycles. The number of urea groups is 1. The molecule has 0 aromatic heterocycles. The maximum Gasteiger partial charge on any atom is 0.335 e. The van der Waals surface area contributed by atoms with Crippen LogP contribution in [0.3, 0.4) is 0 Å². The molecule has 4 amide bonds. The number of ether oxygens (including phenoxy) is 1. The maximum absolute atomic E-state index is 13.1. The van der Waals surface area contributed by atoms with Crippen LogP contribution in [0.25, 0.3) is 6.08 Å². The molecule has 1 aliphatic heterocycles. The average molecular weight is 587 g/mol. The Morgan fingerprint density at radius 2 is 1.71 bits per heavy atom. The van der Waals surface area contributed by atoms with Gasteiger partial charge in [0.1, 0.15) is 17.9 Å². The van der Waals surface area contributed by atoms with Crippen LogP contribution < -0.4 is 15.0 Å². The summed E-state index contributed by atoms with van der Waals surface area (Å²) in [5.74, 6) is -0.729. The van der Waals surface area contributed by atoms with Gasteiger partial charge in [0.05, 0.1) is 9.26 Å². The van der Waals surface area contributed by atoms with Crippen LogP contribution in [0.2, 0.25) is 5.02 Å². The summed E-state index contributed by atoms with van der Waals surface area (Å²) in [4.78, 5) is 39.0. The number of carbonyl (C=O) groups is 3. The second-order valence-electron chi connectivity index (χ2n) is 7.83. The van der Waals surface area contributed by atoms with Crippen molar-refractivity contribution in [3.05, 3.63) is 97.1 Å². The fourth-order valence-corrected chi connectivity index (χ4v) is 4.21.